The summed E-state index contributed by atoms with van der Waals surface area (Å²) in [5, 5.41) is 0. The lowest BCUT2D eigenvalue weighted by atomic mass is 9.77. The quantitative estimate of drug-likeness (QED) is 0.289. The van der Waals surface area contributed by atoms with Gasteiger partial charge in [-0.2, -0.15) is 13.2 Å². The summed E-state index contributed by atoms with van der Waals surface area (Å²) in [6.45, 7) is 2.34. The van der Waals surface area contributed by atoms with Crippen LogP contribution in [0.3, 0.4) is 0 Å². The number of halogens is 3. The largest absolute Gasteiger partial charge is 0.416 e. The fraction of sp³-hybridized carbons (Fsp3) is 0.760. The van der Waals surface area contributed by atoms with Crippen molar-refractivity contribution in [2.75, 3.05) is 0 Å². The van der Waals surface area contributed by atoms with Crippen LogP contribution in [0.2, 0.25) is 18.1 Å². The molecular formula is C25H39F3Si. The van der Waals surface area contributed by atoms with Crippen molar-refractivity contribution in [1.29, 1.82) is 0 Å². The average molecular weight is 425 g/mol. The van der Waals surface area contributed by atoms with Crippen molar-refractivity contribution >= 4 is 8.80 Å². The van der Waals surface area contributed by atoms with Crippen LogP contribution in [0.15, 0.2) is 24.3 Å². The first-order chi connectivity index (χ1) is 14.0. The molecular weight excluding hydrogens is 385 g/mol. The molecule has 0 amide bonds. The number of alkyl halides is 3. The van der Waals surface area contributed by atoms with E-state index in [1.54, 1.807) is 30.3 Å². The maximum atomic E-state index is 12.7. The van der Waals surface area contributed by atoms with Gasteiger partial charge >= 0.3 is 6.18 Å². The first-order valence-electron chi connectivity index (χ1n) is 12.1. The summed E-state index contributed by atoms with van der Waals surface area (Å²) in [6, 6.07) is 10.7. The number of hydrogen-bond donors (Lipinski definition) is 0. The van der Waals surface area contributed by atoms with Gasteiger partial charge in [-0.05, 0) is 61.1 Å². The van der Waals surface area contributed by atoms with Gasteiger partial charge in [0.25, 0.3) is 0 Å². The molecule has 0 atom stereocenters. The predicted octanol–water partition coefficient (Wildman–Crippen LogP) is 8.59. The van der Waals surface area contributed by atoms with Gasteiger partial charge in [0.15, 0.2) is 0 Å². The average Bonchev–Trinajstić information content (AvgIpc) is 2.72. The molecule has 0 N–H and O–H groups in total. The highest BCUT2D eigenvalue weighted by Gasteiger charge is 2.30. The molecule has 164 valence electrons. The molecule has 29 heavy (non-hydrogen) atoms. The van der Waals surface area contributed by atoms with E-state index in [0.29, 0.717) is 5.92 Å². The SMILES string of the molecule is CCC[Si@H]1CC[C@H](CCCC[C@H]2CC[C@H](c3ccc(C(F)(F)F)cc3)CC2)CC1. The number of unbranched alkanes of at least 4 members (excludes halogenated alkanes) is 1. The summed E-state index contributed by atoms with van der Waals surface area (Å²) >= 11 is 0. The summed E-state index contributed by atoms with van der Waals surface area (Å²) in [5.74, 6) is 2.32. The Labute approximate surface area is 177 Å². The van der Waals surface area contributed by atoms with E-state index >= 15 is 0 Å². The van der Waals surface area contributed by atoms with E-state index in [2.05, 4.69) is 6.92 Å². The maximum Gasteiger partial charge on any atom is 0.416 e. The van der Waals surface area contributed by atoms with E-state index in [1.807, 2.05) is 0 Å². The molecule has 3 rings (SSSR count). The third-order valence-electron chi connectivity index (χ3n) is 7.69. The van der Waals surface area contributed by atoms with Crippen molar-refractivity contribution in [2.24, 2.45) is 11.8 Å². The van der Waals surface area contributed by atoms with Crippen LogP contribution in [-0.4, -0.2) is 8.80 Å². The Morgan fingerprint density at radius 3 is 1.90 bits per heavy atom. The molecule has 4 heteroatoms. The monoisotopic (exact) mass is 424 g/mol. The second kappa shape index (κ2) is 11.0. The van der Waals surface area contributed by atoms with Gasteiger partial charge < -0.3 is 0 Å². The molecule has 1 aromatic rings. The molecule has 0 bridgehead atoms. The number of benzene rings is 1. The van der Waals surface area contributed by atoms with Gasteiger partial charge in [-0.25, -0.2) is 0 Å². The minimum atomic E-state index is -4.23. The summed E-state index contributed by atoms with van der Waals surface area (Å²) in [6.07, 6.45) is 10.6. The van der Waals surface area contributed by atoms with Crippen molar-refractivity contribution < 1.29 is 13.2 Å². The fourth-order valence-electron chi connectivity index (χ4n) is 5.81. The van der Waals surface area contributed by atoms with Gasteiger partial charge in [-0.3, -0.25) is 0 Å². The van der Waals surface area contributed by atoms with Gasteiger partial charge in [-0.15, -0.1) is 0 Å². The Morgan fingerprint density at radius 2 is 1.38 bits per heavy atom. The zero-order valence-electron chi connectivity index (χ0n) is 18.2. The lowest BCUT2D eigenvalue weighted by Gasteiger charge is -2.30. The second-order valence-electron chi connectivity index (χ2n) is 9.80. The molecule has 1 saturated heterocycles. The van der Waals surface area contributed by atoms with E-state index < -0.39 is 11.7 Å². The normalized spacial score (nSPS) is 28.4. The van der Waals surface area contributed by atoms with Crippen LogP contribution in [0.1, 0.15) is 94.6 Å². The molecule has 1 heterocycles. The smallest absolute Gasteiger partial charge is 0.166 e. The molecule has 1 aliphatic carbocycles. The molecule has 1 aliphatic heterocycles. The number of rotatable bonds is 8. The van der Waals surface area contributed by atoms with Crippen LogP contribution in [0.4, 0.5) is 13.2 Å². The Morgan fingerprint density at radius 1 is 0.828 bits per heavy atom. The Bertz CT molecular complexity index is 579. The lowest BCUT2D eigenvalue weighted by Crippen LogP contribution is -2.21. The molecule has 0 aromatic heterocycles. The maximum absolute atomic E-state index is 12.7. The fourth-order valence-corrected chi connectivity index (χ4v) is 9.38. The van der Waals surface area contributed by atoms with E-state index in [0.717, 1.165) is 30.2 Å². The molecule has 0 nitrogen and oxygen atoms in total. The highest BCUT2D eigenvalue weighted by molar-refractivity contribution is 6.58. The number of hydrogen-bond acceptors (Lipinski definition) is 0. The van der Waals surface area contributed by atoms with Crippen LogP contribution in [0, 0.1) is 11.8 Å². The molecule has 2 fully saturated rings. The van der Waals surface area contributed by atoms with Crippen LogP contribution < -0.4 is 0 Å². The summed E-state index contributed by atoms with van der Waals surface area (Å²) in [7, 11) is -0.328. The van der Waals surface area contributed by atoms with Crippen molar-refractivity contribution in [3.63, 3.8) is 0 Å². The van der Waals surface area contributed by atoms with Gasteiger partial charge in [0.05, 0.1) is 5.56 Å². The van der Waals surface area contributed by atoms with E-state index in [9.17, 15) is 13.2 Å². The standard InChI is InChI=1S/C25H39F3Si/c1-2-17-29-18-15-21(16-19-29)6-4-3-5-20-7-9-22(10-8-20)23-11-13-24(14-12-23)25(26,27)28/h11-14,20-22,29H,2-10,15-19H2,1H3/t20-,21-,22-,29-. The van der Waals surface area contributed by atoms with E-state index in [1.165, 1.54) is 69.9 Å². The molecule has 0 spiro atoms. The predicted molar refractivity (Wildman–Crippen MR) is 119 cm³/mol. The van der Waals surface area contributed by atoms with Gasteiger partial charge in [0, 0.05) is 8.80 Å². The van der Waals surface area contributed by atoms with Crippen molar-refractivity contribution in [2.45, 2.75) is 108 Å². The lowest BCUT2D eigenvalue weighted by molar-refractivity contribution is -0.137. The summed E-state index contributed by atoms with van der Waals surface area (Å²) in [5.41, 5.74) is 0.565. The molecule has 2 aliphatic rings. The molecule has 1 saturated carbocycles. The highest BCUT2D eigenvalue weighted by Crippen LogP contribution is 2.39. The molecule has 1 aromatic carbocycles. The van der Waals surface area contributed by atoms with Crippen LogP contribution in [0.5, 0.6) is 0 Å². The topological polar surface area (TPSA) is 0 Å². The zero-order chi connectivity index (χ0) is 20.7. The van der Waals surface area contributed by atoms with Crippen molar-refractivity contribution in [3.05, 3.63) is 35.4 Å². The first kappa shape index (κ1) is 22.9. The first-order valence-corrected chi connectivity index (χ1v) is 14.6. The minimum absolute atomic E-state index is 0.328. The van der Waals surface area contributed by atoms with Gasteiger partial charge in [0.2, 0.25) is 0 Å². The Balaban J connectivity index is 1.29. The third kappa shape index (κ3) is 7.15. The van der Waals surface area contributed by atoms with Crippen LogP contribution in [-0.2, 0) is 6.18 Å². The minimum Gasteiger partial charge on any atom is -0.166 e. The van der Waals surface area contributed by atoms with Gasteiger partial charge in [-0.1, -0.05) is 82.1 Å². The molecule has 0 unspecified atom stereocenters. The van der Waals surface area contributed by atoms with Crippen molar-refractivity contribution in [3.8, 4) is 0 Å². The summed E-state index contributed by atoms with van der Waals surface area (Å²) < 4.78 is 38.2. The van der Waals surface area contributed by atoms with Crippen LogP contribution in [0.25, 0.3) is 0 Å². The van der Waals surface area contributed by atoms with Crippen LogP contribution >= 0.6 is 0 Å². The molecule has 0 radical (unpaired) electrons. The Hall–Kier alpha value is -0.773. The van der Waals surface area contributed by atoms with E-state index in [4.69, 9.17) is 0 Å². The summed E-state index contributed by atoms with van der Waals surface area (Å²) in [4.78, 5) is 0. The van der Waals surface area contributed by atoms with Crippen molar-refractivity contribution in [1.82, 2.24) is 0 Å². The second-order valence-corrected chi connectivity index (χ2v) is 13.3. The van der Waals surface area contributed by atoms with E-state index in [-0.39, 0.29) is 8.80 Å². The zero-order valence-corrected chi connectivity index (χ0v) is 19.3. The third-order valence-corrected chi connectivity index (χ3v) is 11.4. The van der Waals surface area contributed by atoms with Gasteiger partial charge in [0.1, 0.15) is 0 Å². The Kier molecular flexibility index (Phi) is 8.70. The highest BCUT2D eigenvalue weighted by atomic mass is 28.3.